The summed E-state index contributed by atoms with van der Waals surface area (Å²) in [5.74, 6) is 0. The topological polar surface area (TPSA) is 48.3 Å². The average Bonchev–Trinajstić information content (AvgIpc) is 3.73. The van der Waals surface area contributed by atoms with Crippen LogP contribution in [0.4, 0.5) is 34.1 Å². The van der Waals surface area contributed by atoms with Gasteiger partial charge in [-0.25, -0.2) is 0 Å². The zero-order chi connectivity index (χ0) is 35.3. The lowest BCUT2D eigenvalue weighted by Gasteiger charge is -2.46. The van der Waals surface area contributed by atoms with Crippen molar-refractivity contribution in [2.45, 2.75) is 26.2 Å². The Kier molecular flexibility index (Phi) is 5.34. The van der Waals surface area contributed by atoms with Crippen LogP contribution in [0.5, 0.6) is 0 Å². The van der Waals surface area contributed by atoms with Gasteiger partial charge in [0, 0.05) is 33.2 Å². The molecule has 2 aromatic heterocycles. The summed E-state index contributed by atoms with van der Waals surface area (Å²) >= 11 is 0. The molecule has 5 nitrogen and oxygen atoms in total. The molecule has 0 aliphatic carbocycles. The van der Waals surface area contributed by atoms with Gasteiger partial charge in [-0.05, 0) is 82.0 Å². The highest BCUT2D eigenvalue weighted by Crippen LogP contribution is 2.53. The van der Waals surface area contributed by atoms with Gasteiger partial charge in [-0.15, -0.1) is 0 Å². The van der Waals surface area contributed by atoms with E-state index in [2.05, 4.69) is 163 Å². The summed E-state index contributed by atoms with van der Waals surface area (Å²) in [5, 5.41) is 15.3. The van der Waals surface area contributed by atoms with Crippen molar-refractivity contribution < 1.29 is 4.42 Å². The van der Waals surface area contributed by atoms with Crippen LogP contribution in [0.2, 0.25) is 0 Å². The van der Waals surface area contributed by atoms with E-state index < -0.39 is 0 Å². The lowest BCUT2D eigenvalue weighted by atomic mass is 9.33. The van der Waals surface area contributed by atoms with Crippen molar-refractivity contribution in [3.05, 3.63) is 145 Å². The van der Waals surface area contributed by atoms with Gasteiger partial charge in [-0.1, -0.05) is 99.6 Å². The van der Waals surface area contributed by atoms with E-state index >= 15 is 0 Å². The summed E-state index contributed by atoms with van der Waals surface area (Å²) in [5.41, 5.74) is 17.4. The SMILES string of the molecule is CC(C)(C)c1ccc2c(c1)B1c3cccc4c3N(c3cc(C#N)cc(c31)N2c1cccc2oc3ccccc3c12)c1cccc2c3ccccc3n-4c12. The van der Waals surface area contributed by atoms with Gasteiger partial charge in [0.25, 0.3) is 6.71 Å². The second-order valence-corrected chi connectivity index (χ2v) is 15.7. The van der Waals surface area contributed by atoms with E-state index in [9.17, 15) is 5.26 Å². The van der Waals surface area contributed by atoms with Gasteiger partial charge >= 0.3 is 0 Å². The Morgan fingerprint density at radius 3 is 2.13 bits per heavy atom. The first-order valence-electron chi connectivity index (χ1n) is 18.3. The molecule has 248 valence electrons. The first-order valence-corrected chi connectivity index (χ1v) is 18.3. The average molecular weight is 679 g/mol. The molecule has 3 aliphatic rings. The quantitative estimate of drug-likeness (QED) is 0.162. The van der Waals surface area contributed by atoms with Crippen LogP contribution in [0.1, 0.15) is 31.9 Å². The van der Waals surface area contributed by atoms with E-state index in [0.29, 0.717) is 5.56 Å². The van der Waals surface area contributed by atoms with Crippen LogP contribution in [0.15, 0.2) is 138 Å². The van der Waals surface area contributed by atoms with Gasteiger partial charge in [0.15, 0.2) is 0 Å². The molecule has 12 rings (SSSR count). The number of rotatable bonds is 1. The van der Waals surface area contributed by atoms with Crippen molar-refractivity contribution in [2.75, 3.05) is 9.80 Å². The van der Waals surface area contributed by atoms with E-state index in [-0.39, 0.29) is 12.1 Å². The van der Waals surface area contributed by atoms with Gasteiger partial charge in [-0.2, -0.15) is 5.26 Å². The third kappa shape index (κ3) is 3.57. The lowest BCUT2D eigenvalue weighted by molar-refractivity contribution is 0.591. The molecule has 9 aromatic rings. The second kappa shape index (κ2) is 9.79. The van der Waals surface area contributed by atoms with Crippen molar-refractivity contribution in [1.82, 2.24) is 4.57 Å². The number of nitriles is 1. The van der Waals surface area contributed by atoms with Crippen LogP contribution in [0.25, 0.3) is 49.4 Å². The van der Waals surface area contributed by atoms with E-state index in [4.69, 9.17) is 4.42 Å². The van der Waals surface area contributed by atoms with Crippen LogP contribution in [0, 0.1) is 11.3 Å². The molecule has 0 fully saturated rings. The molecule has 0 atom stereocenters. The number of hydrogen-bond donors (Lipinski definition) is 0. The Hall–Kier alpha value is -6.71. The highest BCUT2D eigenvalue weighted by molar-refractivity contribution is 7.00. The van der Waals surface area contributed by atoms with Gasteiger partial charge in [-0.3, -0.25) is 0 Å². The Morgan fingerprint density at radius 1 is 0.585 bits per heavy atom. The number of nitrogens with zero attached hydrogens (tertiary/aromatic N) is 4. The summed E-state index contributed by atoms with van der Waals surface area (Å²) in [4.78, 5) is 4.85. The summed E-state index contributed by atoms with van der Waals surface area (Å²) in [7, 11) is 0. The molecule has 0 saturated carbocycles. The molecule has 53 heavy (non-hydrogen) atoms. The molecule has 0 radical (unpaired) electrons. The monoisotopic (exact) mass is 678 g/mol. The molecule has 0 N–H and O–H groups in total. The largest absolute Gasteiger partial charge is 0.456 e. The van der Waals surface area contributed by atoms with Crippen molar-refractivity contribution >= 4 is 101 Å². The van der Waals surface area contributed by atoms with Crippen molar-refractivity contribution in [1.29, 1.82) is 5.26 Å². The lowest BCUT2D eigenvalue weighted by Crippen LogP contribution is -2.62. The van der Waals surface area contributed by atoms with E-state index in [1.54, 1.807) is 0 Å². The highest BCUT2D eigenvalue weighted by Gasteiger charge is 2.46. The fourth-order valence-electron chi connectivity index (χ4n) is 9.63. The summed E-state index contributed by atoms with van der Waals surface area (Å²) in [6.45, 7) is 6.81. The molecule has 0 amide bonds. The fraction of sp³-hybridized carbons (Fsp3) is 0.0851. The van der Waals surface area contributed by atoms with Gasteiger partial charge < -0.3 is 18.8 Å². The highest BCUT2D eigenvalue weighted by atomic mass is 16.3. The number of fused-ring (bicyclic) bond motifs is 12. The van der Waals surface area contributed by atoms with Crippen LogP contribution >= 0.6 is 0 Å². The molecule has 0 bridgehead atoms. The summed E-state index contributed by atoms with van der Waals surface area (Å²) in [6, 6.07) is 50.7. The predicted octanol–water partition coefficient (Wildman–Crippen LogP) is 10.2. The molecule has 6 heteroatoms. The third-order valence-electron chi connectivity index (χ3n) is 11.8. The zero-order valence-electron chi connectivity index (χ0n) is 29.5. The van der Waals surface area contributed by atoms with Gasteiger partial charge in [0.05, 0.1) is 50.8 Å². The third-order valence-corrected chi connectivity index (χ3v) is 11.8. The van der Waals surface area contributed by atoms with Crippen LogP contribution in [0.3, 0.4) is 0 Å². The number of para-hydroxylation sites is 4. The van der Waals surface area contributed by atoms with Gasteiger partial charge in [0.1, 0.15) is 11.2 Å². The Morgan fingerprint density at radius 2 is 1.28 bits per heavy atom. The van der Waals surface area contributed by atoms with E-state index in [0.717, 1.165) is 56.1 Å². The maximum Gasteiger partial charge on any atom is 0.252 e. The summed E-state index contributed by atoms with van der Waals surface area (Å²) in [6.07, 6.45) is 0. The fourth-order valence-corrected chi connectivity index (χ4v) is 9.63. The van der Waals surface area contributed by atoms with E-state index in [1.807, 2.05) is 12.1 Å². The molecule has 5 heterocycles. The molecular weight excluding hydrogens is 647 g/mol. The molecule has 0 unspecified atom stereocenters. The number of anilines is 6. The van der Waals surface area contributed by atoms with Crippen molar-refractivity contribution in [3.8, 4) is 11.8 Å². The number of furan rings is 1. The number of aromatic nitrogens is 1. The maximum absolute atomic E-state index is 10.7. The summed E-state index contributed by atoms with van der Waals surface area (Å²) < 4.78 is 8.91. The number of hydrogen-bond acceptors (Lipinski definition) is 4. The van der Waals surface area contributed by atoms with Gasteiger partial charge in [0.2, 0.25) is 0 Å². The standard InChI is InChI=1S/C47H31BN4O/c1-47(2,3)28-21-22-35-33(25-28)48-32-14-9-18-38-46(32)52(37-17-8-13-30-29-11-4-6-15-34(29)51(38)45(30)37)40-24-27(26-49)23-39(44(40)48)50(35)36-16-10-20-42-43(36)31-12-5-7-19-41(31)53-42/h4-25H,1-3H3. The molecule has 0 saturated heterocycles. The molecular formula is C47H31BN4O. The second-order valence-electron chi connectivity index (χ2n) is 15.7. The molecule has 0 spiro atoms. The minimum Gasteiger partial charge on any atom is -0.456 e. The normalized spacial score (nSPS) is 13.8. The first kappa shape index (κ1) is 28.9. The minimum absolute atomic E-state index is 0.0557. The smallest absolute Gasteiger partial charge is 0.252 e. The Balaban J connectivity index is 1.26. The van der Waals surface area contributed by atoms with Crippen LogP contribution < -0.4 is 26.2 Å². The Bertz CT molecular complexity index is 3160. The Labute approximate surface area is 306 Å². The molecule has 3 aliphatic heterocycles. The van der Waals surface area contributed by atoms with Crippen molar-refractivity contribution in [3.63, 3.8) is 0 Å². The minimum atomic E-state index is -0.0598. The zero-order valence-corrected chi connectivity index (χ0v) is 29.5. The van der Waals surface area contributed by atoms with Crippen molar-refractivity contribution in [2.24, 2.45) is 0 Å². The van der Waals surface area contributed by atoms with E-state index in [1.165, 1.54) is 49.4 Å². The molecule has 7 aromatic carbocycles. The maximum atomic E-state index is 10.7. The number of benzene rings is 7. The predicted molar refractivity (Wildman–Crippen MR) is 219 cm³/mol. The first-order chi connectivity index (χ1) is 25.9. The van der Waals surface area contributed by atoms with Crippen LogP contribution in [-0.2, 0) is 5.41 Å². The van der Waals surface area contributed by atoms with Crippen LogP contribution in [-0.4, -0.2) is 11.3 Å².